The molecule has 4 N–H and O–H groups in total. The number of piperidine rings is 1. The van der Waals surface area contributed by atoms with Gasteiger partial charge in [-0.05, 0) is 68.3 Å². The fourth-order valence-corrected chi connectivity index (χ4v) is 6.03. The number of nitrogens with two attached hydrogens (primary N) is 1. The van der Waals surface area contributed by atoms with Gasteiger partial charge in [0, 0.05) is 82.2 Å². The van der Waals surface area contributed by atoms with Crippen LogP contribution >= 0.6 is 12.6 Å². The van der Waals surface area contributed by atoms with Crippen molar-refractivity contribution in [3.63, 3.8) is 0 Å². The van der Waals surface area contributed by atoms with Crippen molar-refractivity contribution in [1.82, 2.24) is 24.9 Å². The van der Waals surface area contributed by atoms with Crippen molar-refractivity contribution in [2.45, 2.75) is 40.0 Å². The van der Waals surface area contributed by atoms with E-state index in [-0.39, 0.29) is 17.4 Å². The number of benzene rings is 2. The molecule has 12 heteroatoms. The Labute approximate surface area is 292 Å². The highest BCUT2D eigenvalue weighted by Crippen LogP contribution is 2.19. The van der Waals surface area contributed by atoms with Gasteiger partial charge in [0.15, 0.2) is 0 Å². The van der Waals surface area contributed by atoms with E-state index in [2.05, 4.69) is 27.7 Å². The van der Waals surface area contributed by atoms with Gasteiger partial charge >= 0.3 is 0 Å². The average Bonchev–Trinajstić information content (AvgIpc) is 3.13. The van der Waals surface area contributed by atoms with Gasteiger partial charge in [-0.3, -0.25) is 19.3 Å². The Morgan fingerprint density at radius 3 is 2.10 bits per heavy atom. The maximum Gasteiger partial charge on any atom is 0.249 e. The molecule has 0 unspecified atom stereocenters. The molecule has 3 amide bonds. The van der Waals surface area contributed by atoms with E-state index in [1.807, 2.05) is 18.7 Å². The summed E-state index contributed by atoms with van der Waals surface area (Å²) in [4.78, 5) is 43.0. The largest absolute Gasteiger partial charge is 0.366 e. The van der Waals surface area contributed by atoms with Crippen LogP contribution < -0.4 is 11.1 Å². The summed E-state index contributed by atoms with van der Waals surface area (Å²) in [5, 5.41) is 11.5. The number of carbonyl (C=O) groups excluding carboxylic acids is 3. The second-order valence-electron chi connectivity index (χ2n) is 11.9. The Morgan fingerprint density at radius 2 is 1.54 bits per heavy atom. The van der Waals surface area contributed by atoms with E-state index in [0.29, 0.717) is 55.8 Å². The van der Waals surface area contributed by atoms with Crippen molar-refractivity contribution >= 4 is 36.6 Å². The van der Waals surface area contributed by atoms with Crippen molar-refractivity contribution in [2.75, 3.05) is 84.8 Å². The van der Waals surface area contributed by atoms with Gasteiger partial charge in [-0.15, -0.1) is 0 Å². The van der Waals surface area contributed by atoms with Crippen LogP contribution in [0, 0.1) is 24.1 Å². The molecule has 5 rings (SSSR count). The molecule has 3 aliphatic heterocycles. The van der Waals surface area contributed by atoms with Crippen LogP contribution in [0.25, 0.3) is 0 Å². The number of thiol groups is 1. The van der Waals surface area contributed by atoms with Crippen LogP contribution in [0.3, 0.4) is 0 Å². The fraction of sp³-hybridized carbons (Fsp3) is 0.556. The molecule has 3 saturated heterocycles. The highest BCUT2D eigenvalue weighted by Gasteiger charge is 2.26. The topological polar surface area (TPSA) is 126 Å². The maximum absolute atomic E-state index is 13.2. The number of aryl methyl sites for hydroxylation is 1. The number of hydrogen-bond acceptors (Lipinski definition) is 8. The number of halogens is 1. The van der Waals surface area contributed by atoms with Crippen molar-refractivity contribution in [2.24, 2.45) is 11.7 Å². The number of carbonyl (C=O) groups is 3. The van der Waals surface area contributed by atoms with Crippen molar-refractivity contribution in [3.05, 3.63) is 70.5 Å². The number of primary amides is 1. The zero-order chi connectivity index (χ0) is 35.5. The smallest absolute Gasteiger partial charge is 0.249 e. The number of rotatable bonds is 9. The van der Waals surface area contributed by atoms with Crippen LogP contribution in [0.2, 0.25) is 0 Å². The molecular formula is C36H56FN7O3S. The number of likely N-dealkylation sites (tertiary alicyclic amines) is 1. The molecule has 3 aliphatic rings. The third-order valence-electron chi connectivity index (χ3n) is 8.73. The summed E-state index contributed by atoms with van der Waals surface area (Å²) in [5.41, 5.74) is 7.80. The summed E-state index contributed by atoms with van der Waals surface area (Å²) in [6.07, 6.45) is 5.31. The highest BCUT2D eigenvalue weighted by atomic mass is 32.1. The number of hydrogen-bond donors (Lipinski definition) is 4. The first-order valence-corrected chi connectivity index (χ1v) is 17.9. The Hall–Kier alpha value is -3.32. The first-order chi connectivity index (χ1) is 23.2. The quantitative estimate of drug-likeness (QED) is 0.182. The summed E-state index contributed by atoms with van der Waals surface area (Å²) < 4.78 is 13.2. The molecule has 3 heterocycles. The Balaban J connectivity index is 0.000000307. The monoisotopic (exact) mass is 685 g/mol. The lowest BCUT2D eigenvalue weighted by Crippen LogP contribution is -2.52. The van der Waals surface area contributed by atoms with Gasteiger partial charge in [0.2, 0.25) is 18.2 Å². The Kier molecular flexibility index (Phi) is 19.0. The highest BCUT2D eigenvalue weighted by molar-refractivity contribution is 7.79. The Bertz CT molecular complexity index is 1290. The lowest BCUT2D eigenvalue weighted by atomic mass is 9.96. The maximum atomic E-state index is 13.2. The normalized spacial score (nSPS) is 17.0. The van der Waals surface area contributed by atoms with Crippen molar-refractivity contribution < 1.29 is 18.8 Å². The van der Waals surface area contributed by atoms with Crippen molar-refractivity contribution in [3.8, 4) is 0 Å². The number of nitrogens with zero attached hydrogens (tertiary/aromatic N) is 4. The van der Waals surface area contributed by atoms with E-state index in [1.165, 1.54) is 38.5 Å². The summed E-state index contributed by atoms with van der Waals surface area (Å²) in [7, 11) is 0. The lowest BCUT2D eigenvalue weighted by molar-refractivity contribution is -0.136. The van der Waals surface area contributed by atoms with E-state index in [9.17, 15) is 18.8 Å². The molecular weight excluding hydrogens is 630 g/mol. The predicted molar refractivity (Wildman–Crippen MR) is 196 cm³/mol. The summed E-state index contributed by atoms with van der Waals surface area (Å²) in [5.74, 6) is 0.185. The second kappa shape index (κ2) is 22.3. The van der Waals surface area contributed by atoms with Crippen LogP contribution in [0.4, 0.5) is 4.39 Å². The minimum absolute atomic E-state index is 0.223. The summed E-state index contributed by atoms with van der Waals surface area (Å²) >= 11 is 3.53. The first-order valence-electron chi connectivity index (χ1n) is 17.0. The number of amides is 3. The third kappa shape index (κ3) is 13.3. The molecule has 0 spiro atoms. The van der Waals surface area contributed by atoms with Gasteiger partial charge in [-0.2, -0.15) is 12.6 Å². The molecule has 0 radical (unpaired) electrons. The molecule has 10 nitrogen and oxygen atoms in total. The number of nitrogens with one attached hydrogen (secondary N) is 2. The zero-order valence-electron chi connectivity index (χ0n) is 29.2. The second-order valence-corrected chi connectivity index (χ2v) is 11.9. The molecule has 266 valence electrons. The van der Waals surface area contributed by atoms with Crippen LogP contribution in [-0.4, -0.2) is 128 Å². The van der Waals surface area contributed by atoms with Crippen LogP contribution in [-0.2, 0) is 16.0 Å². The van der Waals surface area contributed by atoms with Crippen LogP contribution in [0.15, 0.2) is 42.5 Å². The lowest BCUT2D eigenvalue weighted by Gasteiger charge is -2.37. The predicted octanol–water partition coefficient (Wildman–Crippen LogP) is 3.32. The summed E-state index contributed by atoms with van der Waals surface area (Å²) in [6, 6.07) is 11.5. The minimum Gasteiger partial charge on any atom is -0.366 e. The molecule has 0 saturated carbocycles. The standard InChI is InChI=1S/C17H31N5O2.C16H15FN2O.C2H6.CH4S/c23-15-21-9-11-22(12-10-21)17(24)14-19-5-1-16(2-6-19)13-20-7-3-18-4-8-20;1-10-8-11(6-7-14(10)17)9-15(18)12-4-2-3-5-13(12)16(19)20;2*1-2/h15-16,18H,1-14H2;2-8,18H,9H2,1H3,(H2,19,20);1-2H3;2H,1H3. The van der Waals surface area contributed by atoms with Crippen molar-refractivity contribution in [1.29, 1.82) is 5.41 Å². The average molecular weight is 686 g/mol. The summed E-state index contributed by atoms with van der Waals surface area (Å²) in [6.45, 7) is 16.8. The van der Waals surface area contributed by atoms with Gasteiger partial charge < -0.3 is 31.2 Å². The molecule has 0 aliphatic carbocycles. The van der Waals surface area contributed by atoms with Gasteiger partial charge in [0.1, 0.15) is 5.82 Å². The molecule has 0 atom stereocenters. The molecule has 0 aromatic heterocycles. The third-order valence-corrected chi connectivity index (χ3v) is 8.73. The Morgan fingerprint density at radius 1 is 0.938 bits per heavy atom. The van der Waals surface area contributed by atoms with E-state index in [4.69, 9.17) is 11.1 Å². The minimum atomic E-state index is -0.555. The number of piperazine rings is 2. The molecule has 2 aromatic carbocycles. The first kappa shape index (κ1) is 40.9. The fourth-order valence-electron chi connectivity index (χ4n) is 6.03. The van der Waals surface area contributed by atoms with Gasteiger partial charge in [-0.1, -0.05) is 44.2 Å². The van der Waals surface area contributed by atoms with Crippen LogP contribution in [0.5, 0.6) is 0 Å². The molecule has 3 fully saturated rings. The van der Waals surface area contributed by atoms with E-state index < -0.39 is 5.91 Å². The SMILES string of the molecule is CC.CS.Cc1cc(CC(=N)c2ccccc2C(N)=O)ccc1F.O=CN1CCN(C(=O)CN2CCC(CN3CCNCC3)CC2)CC1. The van der Waals surface area contributed by atoms with E-state index >= 15 is 0 Å². The van der Waals surface area contributed by atoms with Gasteiger partial charge in [0.05, 0.1) is 6.54 Å². The van der Waals surface area contributed by atoms with E-state index in [1.54, 1.807) is 54.5 Å². The molecule has 2 aromatic rings. The van der Waals surface area contributed by atoms with Crippen LogP contribution in [0.1, 0.15) is 53.7 Å². The molecule has 48 heavy (non-hydrogen) atoms. The zero-order valence-corrected chi connectivity index (χ0v) is 30.1. The van der Waals surface area contributed by atoms with E-state index in [0.717, 1.165) is 44.1 Å². The van der Waals surface area contributed by atoms with Gasteiger partial charge in [0.25, 0.3) is 0 Å². The van der Waals surface area contributed by atoms with Gasteiger partial charge in [-0.25, -0.2) is 4.39 Å². The molecule has 0 bridgehead atoms.